The van der Waals surface area contributed by atoms with Gasteiger partial charge in [0.2, 0.25) is 0 Å². The van der Waals surface area contributed by atoms with Gasteiger partial charge in [-0.3, -0.25) is 14.9 Å². The van der Waals surface area contributed by atoms with Gasteiger partial charge in [-0.2, -0.15) is 0 Å². The molecule has 1 aliphatic rings. The van der Waals surface area contributed by atoms with E-state index < -0.39 is 12.0 Å². The van der Waals surface area contributed by atoms with Gasteiger partial charge in [-0.15, -0.1) is 0 Å². The number of fused-ring (bicyclic) bond motifs is 2. The molecule has 1 heterocycles. The number of para-hydroxylation sites is 1. The predicted molar refractivity (Wildman–Crippen MR) is 165 cm³/mol. The maximum absolute atomic E-state index is 11.9. The minimum atomic E-state index is -0.741. The highest BCUT2D eigenvalue weighted by atomic mass is 16.5. The molecule has 0 saturated heterocycles. The third kappa shape index (κ3) is 10.5. The molecule has 1 atom stereocenters. The summed E-state index contributed by atoms with van der Waals surface area (Å²) in [7, 11) is 3.03. The number of nitrogens with zero attached hydrogens (tertiary/aromatic N) is 1. The summed E-state index contributed by atoms with van der Waals surface area (Å²) in [6, 6.07) is 15.9. The Hall–Kier alpha value is -4.04. The molecular formula is C33H44N2O6. The Morgan fingerprint density at radius 3 is 2.24 bits per heavy atom. The highest BCUT2D eigenvalue weighted by Gasteiger charge is 2.25. The second-order valence-electron chi connectivity index (χ2n) is 8.65. The van der Waals surface area contributed by atoms with Crippen LogP contribution in [-0.2, 0) is 20.7 Å². The Morgan fingerprint density at radius 1 is 1.00 bits per heavy atom. The summed E-state index contributed by atoms with van der Waals surface area (Å²) in [5.74, 6) is 0.816. The number of amides is 2. The van der Waals surface area contributed by atoms with Gasteiger partial charge in [-0.1, -0.05) is 65.0 Å². The third-order valence-corrected chi connectivity index (χ3v) is 5.83. The number of hydrogen-bond acceptors (Lipinski definition) is 7. The Balaban J connectivity index is 0.000000475. The Bertz CT molecular complexity index is 1270. The van der Waals surface area contributed by atoms with Gasteiger partial charge in [-0.25, -0.2) is 9.78 Å². The zero-order valence-electron chi connectivity index (χ0n) is 25.6. The largest absolute Gasteiger partial charge is 0.497 e. The standard InChI is InChI=1S/C23H21NO2.C6H11NO4.2C2H6/c1-15-11-17(13-16-7-9-18(26-2)10-8-16)23-20(12-15)21(14-25)19-5-3-4-6-22(19)24-23;1-3-11-6(9)7-5(8)4-10-2;2*1-2/h3-10,13-15H,11-12H2,1-2H3;3-4H2,1-2H3,(H,7,8,9);2*1-2H3/b17-13-;;;/t15-;;;/m1.../s1. The van der Waals surface area contributed by atoms with Crippen LogP contribution >= 0.6 is 0 Å². The fourth-order valence-corrected chi connectivity index (χ4v) is 4.25. The number of pyridine rings is 1. The number of aromatic nitrogens is 1. The molecule has 222 valence electrons. The van der Waals surface area contributed by atoms with Gasteiger partial charge in [0.15, 0.2) is 6.29 Å². The van der Waals surface area contributed by atoms with E-state index in [9.17, 15) is 14.4 Å². The molecule has 8 nitrogen and oxygen atoms in total. The van der Waals surface area contributed by atoms with Crippen molar-refractivity contribution in [1.29, 1.82) is 0 Å². The molecule has 3 aromatic rings. The molecular weight excluding hydrogens is 520 g/mol. The van der Waals surface area contributed by atoms with Crippen LogP contribution in [0.1, 0.15) is 75.1 Å². The van der Waals surface area contributed by atoms with Crippen LogP contribution in [0.25, 0.3) is 22.6 Å². The molecule has 41 heavy (non-hydrogen) atoms. The second kappa shape index (κ2) is 19.1. The van der Waals surface area contributed by atoms with E-state index in [0.29, 0.717) is 5.92 Å². The summed E-state index contributed by atoms with van der Waals surface area (Å²) >= 11 is 0. The summed E-state index contributed by atoms with van der Waals surface area (Å²) in [6.45, 7) is 12.0. The average molecular weight is 565 g/mol. The molecule has 1 aliphatic carbocycles. The lowest BCUT2D eigenvalue weighted by molar-refractivity contribution is -0.124. The van der Waals surface area contributed by atoms with Gasteiger partial charge in [-0.05, 0) is 66.7 Å². The lowest BCUT2D eigenvalue weighted by atomic mass is 9.81. The van der Waals surface area contributed by atoms with Crippen LogP contribution in [-0.4, -0.2) is 50.7 Å². The van der Waals surface area contributed by atoms with E-state index in [0.717, 1.165) is 58.2 Å². The van der Waals surface area contributed by atoms with Crippen molar-refractivity contribution < 1.29 is 28.6 Å². The van der Waals surface area contributed by atoms with Crippen molar-refractivity contribution in [2.75, 3.05) is 27.4 Å². The maximum atomic E-state index is 11.9. The number of benzene rings is 2. The lowest BCUT2D eigenvalue weighted by Gasteiger charge is -2.25. The van der Waals surface area contributed by atoms with E-state index in [1.54, 1.807) is 14.0 Å². The zero-order valence-corrected chi connectivity index (χ0v) is 25.6. The molecule has 0 aliphatic heterocycles. The summed E-state index contributed by atoms with van der Waals surface area (Å²) in [4.78, 5) is 37.9. The van der Waals surface area contributed by atoms with Crippen LogP contribution in [0, 0.1) is 5.92 Å². The molecule has 2 aromatic carbocycles. The molecule has 0 fully saturated rings. The van der Waals surface area contributed by atoms with Gasteiger partial charge in [0.25, 0.3) is 5.91 Å². The van der Waals surface area contributed by atoms with Gasteiger partial charge in [0.05, 0.1) is 24.9 Å². The van der Waals surface area contributed by atoms with Crippen molar-refractivity contribution in [2.45, 2.75) is 54.4 Å². The minimum Gasteiger partial charge on any atom is -0.497 e. The third-order valence-electron chi connectivity index (χ3n) is 5.83. The average Bonchev–Trinajstić information content (AvgIpc) is 2.99. The Labute approximate surface area is 244 Å². The molecule has 1 N–H and O–H groups in total. The van der Waals surface area contributed by atoms with Crippen molar-refractivity contribution in [3.05, 3.63) is 70.9 Å². The SMILES string of the molecule is CC.CC.CCOC(=O)NC(=O)COC.COc1ccc(/C=C2/C[C@@H](C)Cc3c2nc2ccccc2c3C=O)cc1. The van der Waals surface area contributed by atoms with Crippen molar-refractivity contribution in [3.63, 3.8) is 0 Å². The number of nitrogens with one attached hydrogen (secondary N) is 1. The quantitative estimate of drug-likeness (QED) is 0.317. The predicted octanol–water partition coefficient (Wildman–Crippen LogP) is 7.14. The van der Waals surface area contributed by atoms with Gasteiger partial charge < -0.3 is 14.2 Å². The molecule has 0 bridgehead atoms. The number of rotatable bonds is 6. The number of carbonyl (C=O) groups is 3. The van der Waals surface area contributed by atoms with Crippen molar-refractivity contribution in [2.24, 2.45) is 5.92 Å². The number of hydrogen-bond donors (Lipinski definition) is 1. The summed E-state index contributed by atoms with van der Waals surface area (Å²) < 4.78 is 14.1. The van der Waals surface area contributed by atoms with E-state index in [1.165, 1.54) is 12.7 Å². The first kappa shape index (κ1) is 35.0. The number of imide groups is 1. The van der Waals surface area contributed by atoms with Gasteiger partial charge in [0, 0.05) is 18.1 Å². The van der Waals surface area contributed by atoms with Crippen LogP contribution in [0.3, 0.4) is 0 Å². The molecule has 0 radical (unpaired) electrons. The van der Waals surface area contributed by atoms with E-state index in [4.69, 9.17) is 9.72 Å². The van der Waals surface area contributed by atoms with Gasteiger partial charge in [0.1, 0.15) is 12.4 Å². The smallest absolute Gasteiger partial charge is 0.413 e. The molecule has 1 aromatic heterocycles. The van der Waals surface area contributed by atoms with Crippen LogP contribution in [0.15, 0.2) is 48.5 Å². The first-order chi connectivity index (χ1) is 19.9. The highest BCUT2D eigenvalue weighted by Crippen LogP contribution is 2.38. The van der Waals surface area contributed by atoms with Crippen LogP contribution < -0.4 is 10.1 Å². The Kier molecular flexibility index (Phi) is 16.3. The monoisotopic (exact) mass is 564 g/mol. The Morgan fingerprint density at radius 2 is 1.66 bits per heavy atom. The number of allylic oxidation sites excluding steroid dienone is 1. The topological polar surface area (TPSA) is 104 Å². The number of alkyl carbamates (subject to hydrolysis) is 1. The van der Waals surface area contributed by atoms with Crippen molar-refractivity contribution in [1.82, 2.24) is 10.3 Å². The molecule has 0 saturated carbocycles. The molecule has 8 heteroatoms. The van der Waals surface area contributed by atoms with E-state index >= 15 is 0 Å². The van der Waals surface area contributed by atoms with Crippen molar-refractivity contribution in [3.8, 4) is 5.75 Å². The molecule has 4 rings (SSSR count). The first-order valence-electron chi connectivity index (χ1n) is 14.1. The van der Waals surface area contributed by atoms with Crippen LogP contribution in [0.4, 0.5) is 4.79 Å². The number of aldehydes is 1. The van der Waals surface area contributed by atoms with Crippen LogP contribution in [0.5, 0.6) is 5.75 Å². The molecule has 2 amide bonds. The van der Waals surface area contributed by atoms with Crippen LogP contribution in [0.2, 0.25) is 0 Å². The summed E-state index contributed by atoms with van der Waals surface area (Å²) in [5.41, 5.74) is 6.03. The number of carbonyl (C=O) groups excluding carboxylic acids is 3. The summed E-state index contributed by atoms with van der Waals surface area (Å²) in [6.07, 6.45) is 4.29. The first-order valence-corrected chi connectivity index (χ1v) is 14.1. The minimum absolute atomic E-state index is 0.140. The second-order valence-corrected chi connectivity index (χ2v) is 8.65. The lowest BCUT2D eigenvalue weighted by Crippen LogP contribution is -2.33. The highest BCUT2D eigenvalue weighted by molar-refractivity contribution is 6.00. The number of ether oxygens (including phenoxy) is 3. The molecule has 0 unspecified atom stereocenters. The van der Waals surface area contributed by atoms with E-state index in [-0.39, 0.29) is 13.2 Å². The van der Waals surface area contributed by atoms with E-state index in [2.05, 4.69) is 22.5 Å². The summed E-state index contributed by atoms with van der Waals surface area (Å²) in [5, 5.41) is 2.90. The fourth-order valence-electron chi connectivity index (χ4n) is 4.25. The fraction of sp³-hybridized carbons (Fsp3) is 0.394. The normalized spacial score (nSPS) is 14.0. The van der Waals surface area contributed by atoms with E-state index in [1.807, 2.05) is 81.5 Å². The van der Waals surface area contributed by atoms with Crippen molar-refractivity contribution >= 4 is 40.8 Å². The maximum Gasteiger partial charge on any atom is 0.413 e. The zero-order chi connectivity index (χ0) is 30.8. The molecule has 0 spiro atoms. The number of methoxy groups -OCH3 is 2. The van der Waals surface area contributed by atoms with Gasteiger partial charge >= 0.3 is 6.09 Å².